The van der Waals surface area contributed by atoms with Crippen LogP contribution in [0.25, 0.3) is 5.65 Å². The van der Waals surface area contributed by atoms with Gasteiger partial charge in [-0.25, -0.2) is 9.37 Å². The first-order valence-electron chi connectivity index (χ1n) is 10.9. The Hall–Kier alpha value is -1.77. The summed E-state index contributed by atoms with van der Waals surface area (Å²) >= 11 is 7.10. The van der Waals surface area contributed by atoms with Crippen LogP contribution in [0.5, 0.6) is 5.75 Å². The summed E-state index contributed by atoms with van der Waals surface area (Å²) in [5.74, 6) is 0.0444. The van der Waals surface area contributed by atoms with Gasteiger partial charge >= 0.3 is 0 Å². The number of carbonyl (C=O) groups is 1. The van der Waals surface area contributed by atoms with E-state index in [4.69, 9.17) is 4.74 Å². The van der Waals surface area contributed by atoms with E-state index in [9.17, 15) is 9.18 Å². The molecule has 3 aromatic rings. The van der Waals surface area contributed by atoms with Crippen molar-refractivity contribution >= 4 is 43.3 Å². The number of benzene rings is 1. The average Bonchev–Trinajstić information content (AvgIpc) is 3.12. The first kappa shape index (κ1) is 24.9. The van der Waals surface area contributed by atoms with Crippen LogP contribution < -0.4 is 4.74 Å². The molecule has 0 radical (unpaired) electrons. The molecule has 32 heavy (non-hydrogen) atoms. The maximum atomic E-state index is 13.9. The van der Waals surface area contributed by atoms with E-state index in [0.29, 0.717) is 50.3 Å². The van der Waals surface area contributed by atoms with Crippen LogP contribution in [0.2, 0.25) is 0 Å². The zero-order valence-electron chi connectivity index (χ0n) is 18.6. The second kappa shape index (κ2) is 11.4. The summed E-state index contributed by atoms with van der Waals surface area (Å²) in [6.07, 6.45) is 3.70. The number of pyridine rings is 1. The molecule has 5 nitrogen and oxygen atoms in total. The molecular formula is C24H28Br2FN3O2. The lowest BCUT2D eigenvalue weighted by Gasteiger charge is -2.18. The van der Waals surface area contributed by atoms with E-state index in [0.717, 1.165) is 32.5 Å². The molecule has 8 heteroatoms. The molecule has 0 saturated heterocycles. The molecule has 0 aliphatic carbocycles. The van der Waals surface area contributed by atoms with Crippen LogP contribution in [-0.2, 0) is 6.42 Å². The molecule has 2 aromatic heterocycles. The van der Waals surface area contributed by atoms with Crippen molar-refractivity contribution in [3.8, 4) is 5.75 Å². The summed E-state index contributed by atoms with van der Waals surface area (Å²) in [6.45, 7) is 9.92. The molecule has 0 atom stereocenters. The summed E-state index contributed by atoms with van der Waals surface area (Å²) in [7, 11) is 0. The summed E-state index contributed by atoms with van der Waals surface area (Å²) in [6, 6.07) is 6.45. The Balaban J connectivity index is 1.85. The smallest absolute Gasteiger partial charge is 0.211 e. The summed E-state index contributed by atoms with van der Waals surface area (Å²) in [4.78, 5) is 20.4. The first-order chi connectivity index (χ1) is 15.4. The van der Waals surface area contributed by atoms with E-state index in [-0.39, 0.29) is 5.78 Å². The van der Waals surface area contributed by atoms with Gasteiger partial charge in [0.1, 0.15) is 22.9 Å². The zero-order valence-corrected chi connectivity index (χ0v) is 21.8. The van der Waals surface area contributed by atoms with Gasteiger partial charge in [-0.1, -0.05) is 27.2 Å². The number of fused-ring (bicyclic) bond motifs is 1. The van der Waals surface area contributed by atoms with Crippen molar-refractivity contribution in [3.63, 3.8) is 0 Å². The summed E-state index contributed by atoms with van der Waals surface area (Å²) in [5.41, 5.74) is 2.10. The van der Waals surface area contributed by atoms with Crippen LogP contribution in [-0.4, -0.2) is 46.3 Å². The maximum Gasteiger partial charge on any atom is 0.211 e. The molecule has 0 fully saturated rings. The lowest BCUT2D eigenvalue weighted by atomic mass is 10.0. The number of aromatic nitrogens is 2. The lowest BCUT2D eigenvalue weighted by molar-refractivity contribution is 0.103. The third-order valence-corrected chi connectivity index (χ3v) is 6.55. The van der Waals surface area contributed by atoms with Crippen LogP contribution in [0.15, 0.2) is 39.4 Å². The predicted octanol–water partition coefficient (Wildman–Crippen LogP) is 6.29. The molecule has 0 amide bonds. The van der Waals surface area contributed by atoms with Gasteiger partial charge in [0.25, 0.3) is 0 Å². The Kier molecular flexibility index (Phi) is 8.85. The summed E-state index contributed by atoms with van der Waals surface area (Å²) in [5, 5.41) is 0. The van der Waals surface area contributed by atoms with E-state index in [2.05, 4.69) is 55.6 Å². The van der Waals surface area contributed by atoms with Crippen molar-refractivity contribution in [2.24, 2.45) is 0 Å². The highest BCUT2D eigenvalue weighted by Crippen LogP contribution is 2.36. The Morgan fingerprint density at radius 3 is 2.47 bits per heavy atom. The summed E-state index contributed by atoms with van der Waals surface area (Å²) < 4.78 is 22.8. The monoisotopic (exact) mass is 567 g/mol. The third kappa shape index (κ3) is 5.58. The highest BCUT2D eigenvalue weighted by molar-refractivity contribution is 9.11. The molecule has 0 aliphatic rings. The predicted molar refractivity (Wildman–Crippen MR) is 132 cm³/mol. The van der Waals surface area contributed by atoms with Crippen molar-refractivity contribution in [1.82, 2.24) is 14.3 Å². The molecule has 0 bridgehead atoms. The molecule has 2 heterocycles. The Bertz CT molecular complexity index is 1070. The van der Waals surface area contributed by atoms with Gasteiger partial charge in [-0.2, -0.15) is 0 Å². The average molecular weight is 569 g/mol. The van der Waals surface area contributed by atoms with Crippen molar-refractivity contribution < 1.29 is 13.9 Å². The maximum absolute atomic E-state index is 13.9. The van der Waals surface area contributed by atoms with Crippen molar-refractivity contribution in [2.45, 2.75) is 40.0 Å². The van der Waals surface area contributed by atoms with Crippen LogP contribution in [0.4, 0.5) is 4.39 Å². The van der Waals surface area contributed by atoms with E-state index in [1.54, 1.807) is 22.6 Å². The molecule has 0 saturated carbocycles. The lowest BCUT2D eigenvalue weighted by Crippen LogP contribution is -2.25. The van der Waals surface area contributed by atoms with E-state index >= 15 is 0 Å². The van der Waals surface area contributed by atoms with Gasteiger partial charge in [0.05, 0.1) is 21.2 Å². The standard InChI is InChI=1S/C24H28Br2FN3O2/c1-4-8-20-22(30-15-17(27)9-10-21(30)28-20)23(31)16-13-18(25)24(19(26)14-16)32-12-7-11-29(5-2)6-3/h9-10,13-15H,4-8,11-12H2,1-3H3. The minimum atomic E-state index is -0.414. The molecule has 1 aromatic carbocycles. The number of hydrogen-bond donors (Lipinski definition) is 0. The molecule has 0 unspecified atom stereocenters. The largest absolute Gasteiger partial charge is 0.491 e. The SMILES string of the molecule is CCCc1nc2ccc(F)cn2c1C(=O)c1cc(Br)c(OCCCN(CC)CC)c(Br)c1. The second-order valence-electron chi connectivity index (χ2n) is 7.56. The third-order valence-electron chi connectivity index (χ3n) is 5.38. The highest BCUT2D eigenvalue weighted by Gasteiger charge is 2.22. The number of halogens is 3. The fourth-order valence-electron chi connectivity index (χ4n) is 3.69. The van der Waals surface area contributed by atoms with Gasteiger partial charge < -0.3 is 9.64 Å². The number of aryl methyl sites for hydroxylation is 1. The number of hydrogen-bond acceptors (Lipinski definition) is 4. The number of nitrogens with zero attached hydrogens (tertiary/aromatic N) is 3. The molecule has 3 rings (SSSR count). The van der Waals surface area contributed by atoms with Crippen LogP contribution in [0, 0.1) is 5.82 Å². The van der Waals surface area contributed by atoms with Crippen molar-refractivity contribution in [2.75, 3.05) is 26.2 Å². The number of rotatable bonds is 11. The Morgan fingerprint density at radius 2 is 1.84 bits per heavy atom. The fourth-order valence-corrected chi connectivity index (χ4v) is 5.10. The topological polar surface area (TPSA) is 46.8 Å². The van der Waals surface area contributed by atoms with Gasteiger partial charge in [0.15, 0.2) is 0 Å². The van der Waals surface area contributed by atoms with E-state index in [1.165, 1.54) is 12.3 Å². The van der Waals surface area contributed by atoms with Crippen LogP contribution >= 0.6 is 31.9 Å². The molecule has 172 valence electrons. The van der Waals surface area contributed by atoms with Gasteiger partial charge in [-0.05, 0) is 82.1 Å². The van der Waals surface area contributed by atoms with Crippen molar-refractivity contribution in [1.29, 1.82) is 0 Å². The quantitative estimate of drug-likeness (QED) is 0.201. The van der Waals surface area contributed by atoms with E-state index < -0.39 is 5.82 Å². The minimum Gasteiger partial charge on any atom is -0.491 e. The van der Waals surface area contributed by atoms with Gasteiger partial charge in [0.2, 0.25) is 5.78 Å². The number of imidazole rings is 1. The molecular weight excluding hydrogens is 541 g/mol. The van der Waals surface area contributed by atoms with E-state index in [1.807, 2.05) is 6.92 Å². The van der Waals surface area contributed by atoms with Gasteiger partial charge in [-0.15, -0.1) is 0 Å². The first-order valence-corrected chi connectivity index (χ1v) is 12.5. The molecule has 0 N–H and O–H groups in total. The number of carbonyl (C=O) groups excluding carboxylic acids is 1. The van der Waals surface area contributed by atoms with Crippen LogP contribution in [0.1, 0.15) is 55.4 Å². The van der Waals surface area contributed by atoms with Gasteiger partial charge in [0, 0.05) is 18.3 Å². The normalized spacial score (nSPS) is 11.5. The van der Waals surface area contributed by atoms with Gasteiger partial charge in [-0.3, -0.25) is 9.20 Å². The van der Waals surface area contributed by atoms with Crippen LogP contribution in [0.3, 0.4) is 0 Å². The second-order valence-corrected chi connectivity index (χ2v) is 9.27. The number of ketones is 1. The van der Waals surface area contributed by atoms with Crippen molar-refractivity contribution in [3.05, 3.63) is 62.2 Å². The highest BCUT2D eigenvalue weighted by atomic mass is 79.9. The Morgan fingerprint density at radius 1 is 1.16 bits per heavy atom. The number of ether oxygens (including phenoxy) is 1. The molecule has 0 aliphatic heterocycles. The minimum absolute atomic E-state index is 0.207. The Labute approximate surface area is 205 Å². The zero-order chi connectivity index (χ0) is 23.3. The molecule has 0 spiro atoms. The fraction of sp³-hybridized carbons (Fsp3) is 0.417.